The zero-order valence-corrected chi connectivity index (χ0v) is 12.9. The highest BCUT2D eigenvalue weighted by atomic mass is 16.5. The summed E-state index contributed by atoms with van der Waals surface area (Å²) >= 11 is 0. The van der Waals surface area contributed by atoms with Crippen molar-refractivity contribution in [1.29, 1.82) is 0 Å². The summed E-state index contributed by atoms with van der Waals surface area (Å²) in [6.45, 7) is 8.52. The number of nitrogens with one attached hydrogen (secondary N) is 1. The molecule has 1 aromatic rings. The minimum absolute atomic E-state index is 0.239. The minimum Gasteiger partial charge on any atom is -0.466 e. The lowest BCUT2D eigenvalue weighted by Crippen LogP contribution is -2.18. The number of hydrogen-bond acceptors (Lipinski definition) is 4. The Morgan fingerprint density at radius 2 is 2.25 bits per heavy atom. The van der Waals surface area contributed by atoms with Crippen molar-refractivity contribution in [3.63, 3.8) is 0 Å². The lowest BCUT2D eigenvalue weighted by molar-refractivity contribution is -0.136. The first-order chi connectivity index (χ1) is 9.58. The van der Waals surface area contributed by atoms with E-state index in [1.807, 2.05) is 24.6 Å². The maximum atomic E-state index is 11.4. The second-order valence-electron chi connectivity index (χ2n) is 4.78. The molecular formula is C15H25N3O2. The number of aryl methyl sites for hydroxylation is 3. The van der Waals surface area contributed by atoms with E-state index in [2.05, 4.69) is 23.4 Å². The van der Waals surface area contributed by atoms with Crippen LogP contribution < -0.4 is 5.32 Å². The largest absolute Gasteiger partial charge is 0.466 e. The second-order valence-corrected chi connectivity index (χ2v) is 4.78. The number of carbonyl (C=O) groups is 1. The van der Waals surface area contributed by atoms with Crippen LogP contribution in [0.1, 0.15) is 31.2 Å². The normalized spacial score (nSPS) is 11.7. The van der Waals surface area contributed by atoms with Crippen LogP contribution in [-0.4, -0.2) is 35.9 Å². The summed E-state index contributed by atoms with van der Waals surface area (Å²) in [5.41, 5.74) is 2.98. The number of nitrogens with zero attached hydrogens (tertiary/aromatic N) is 2. The van der Waals surface area contributed by atoms with Gasteiger partial charge in [-0.05, 0) is 39.3 Å². The molecular weight excluding hydrogens is 254 g/mol. The smallest absolute Gasteiger partial charge is 0.333 e. The van der Waals surface area contributed by atoms with Gasteiger partial charge in [0.25, 0.3) is 0 Å². The van der Waals surface area contributed by atoms with E-state index in [4.69, 9.17) is 4.74 Å². The van der Waals surface area contributed by atoms with Gasteiger partial charge in [-0.15, -0.1) is 0 Å². The molecule has 20 heavy (non-hydrogen) atoms. The third-order valence-electron chi connectivity index (χ3n) is 3.15. The third-order valence-corrected chi connectivity index (χ3v) is 3.15. The standard InChI is InChI=1S/C15H25N3O2/c1-5-14(15(19)20-4)7-9-16-8-6-10-18-13(3)11-12(2)17-18/h7,11,16H,5-6,8-10H2,1-4H3/b14-7-. The first-order valence-electron chi connectivity index (χ1n) is 7.07. The highest BCUT2D eigenvalue weighted by Crippen LogP contribution is 2.03. The predicted octanol–water partition coefficient (Wildman–Crippen LogP) is 1.99. The number of methoxy groups -OCH3 is 1. The van der Waals surface area contributed by atoms with Crippen LogP contribution in [0.2, 0.25) is 0 Å². The Balaban J connectivity index is 2.23. The van der Waals surface area contributed by atoms with Crippen LogP contribution in [0, 0.1) is 13.8 Å². The topological polar surface area (TPSA) is 56.2 Å². The fraction of sp³-hybridized carbons (Fsp3) is 0.600. The lowest BCUT2D eigenvalue weighted by Gasteiger charge is -2.06. The zero-order valence-electron chi connectivity index (χ0n) is 12.9. The van der Waals surface area contributed by atoms with Crippen molar-refractivity contribution in [2.45, 2.75) is 40.2 Å². The molecule has 0 spiro atoms. The Kier molecular flexibility index (Phi) is 7.01. The molecule has 5 nitrogen and oxygen atoms in total. The fourth-order valence-electron chi connectivity index (χ4n) is 2.06. The molecule has 0 atom stereocenters. The summed E-state index contributed by atoms with van der Waals surface area (Å²) in [5.74, 6) is -0.239. The molecule has 0 aliphatic heterocycles. The van der Waals surface area contributed by atoms with E-state index in [0.29, 0.717) is 13.0 Å². The van der Waals surface area contributed by atoms with Gasteiger partial charge in [0.2, 0.25) is 0 Å². The first-order valence-corrected chi connectivity index (χ1v) is 7.07. The Morgan fingerprint density at radius 3 is 2.80 bits per heavy atom. The third kappa shape index (κ3) is 5.17. The van der Waals surface area contributed by atoms with Gasteiger partial charge in [-0.1, -0.05) is 13.0 Å². The SMILES string of the molecule is CC/C(=C/CNCCCn1nc(C)cc1C)C(=O)OC. The van der Waals surface area contributed by atoms with Crippen molar-refractivity contribution in [1.82, 2.24) is 15.1 Å². The van der Waals surface area contributed by atoms with Crippen molar-refractivity contribution in [2.75, 3.05) is 20.2 Å². The van der Waals surface area contributed by atoms with Crippen LogP contribution in [0.15, 0.2) is 17.7 Å². The summed E-state index contributed by atoms with van der Waals surface area (Å²) in [6, 6.07) is 2.08. The van der Waals surface area contributed by atoms with E-state index in [0.717, 1.165) is 30.8 Å². The van der Waals surface area contributed by atoms with Crippen LogP contribution in [0.5, 0.6) is 0 Å². The number of hydrogen-bond donors (Lipinski definition) is 1. The predicted molar refractivity (Wildman–Crippen MR) is 79.6 cm³/mol. The first kappa shape index (κ1) is 16.4. The Morgan fingerprint density at radius 1 is 1.50 bits per heavy atom. The molecule has 0 aromatic carbocycles. The summed E-state index contributed by atoms with van der Waals surface area (Å²) in [4.78, 5) is 11.4. The molecule has 1 aromatic heterocycles. The molecule has 0 bridgehead atoms. The van der Waals surface area contributed by atoms with Crippen molar-refractivity contribution in [2.24, 2.45) is 0 Å². The molecule has 0 fully saturated rings. The zero-order chi connectivity index (χ0) is 15.0. The molecule has 0 aliphatic rings. The van der Waals surface area contributed by atoms with Gasteiger partial charge in [-0.2, -0.15) is 5.10 Å². The maximum absolute atomic E-state index is 11.4. The highest BCUT2D eigenvalue weighted by Gasteiger charge is 2.05. The maximum Gasteiger partial charge on any atom is 0.333 e. The van der Waals surface area contributed by atoms with Crippen LogP contribution in [0.4, 0.5) is 0 Å². The summed E-state index contributed by atoms with van der Waals surface area (Å²) in [5, 5.41) is 7.72. The summed E-state index contributed by atoms with van der Waals surface area (Å²) < 4.78 is 6.73. The van der Waals surface area contributed by atoms with E-state index < -0.39 is 0 Å². The van der Waals surface area contributed by atoms with E-state index in [1.165, 1.54) is 12.8 Å². The number of rotatable bonds is 8. The van der Waals surface area contributed by atoms with Crippen LogP contribution >= 0.6 is 0 Å². The molecule has 5 heteroatoms. The van der Waals surface area contributed by atoms with Crippen molar-refractivity contribution in [3.05, 3.63) is 29.1 Å². The highest BCUT2D eigenvalue weighted by molar-refractivity contribution is 5.88. The number of ether oxygens (including phenoxy) is 1. The fourth-order valence-corrected chi connectivity index (χ4v) is 2.06. The molecule has 0 amide bonds. The van der Waals surface area contributed by atoms with Gasteiger partial charge in [-0.25, -0.2) is 4.79 Å². The molecule has 0 saturated heterocycles. The molecule has 112 valence electrons. The van der Waals surface area contributed by atoms with Crippen LogP contribution in [0.3, 0.4) is 0 Å². The molecule has 1 rings (SSSR count). The van der Waals surface area contributed by atoms with Crippen LogP contribution in [-0.2, 0) is 16.1 Å². The Labute approximate surface area is 121 Å². The molecule has 0 aliphatic carbocycles. The molecule has 1 N–H and O–H groups in total. The van der Waals surface area contributed by atoms with E-state index in [9.17, 15) is 4.79 Å². The Hall–Kier alpha value is -1.62. The van der Waals surface area contributed by atoms with Gasteiger partial charge in [0.05, 0.1) is 12.8 Å². The van der Waals surface area contributed by atoms with E-state index in [-0.39, 0.29) is 5.97 Å². The number of aromatic nitrogens is 2. The van der Waals surface area contributed by atoms with E-state index >= 15 is 0 Å². The number of carbonyl (C=O) groups excluding carboxylic acids is 1. The van der Waals surface area contributed by atoms with Gasteiger partial charge < -0.3 is 10.1 Å². The second kappa shape index (κ2) is 8.53. The molecule has 0 unspecified atom stereocenters. The lowest BCUT2D eigenvalue weighted by atomic mass is 10.2. The summed E-state index contributed by atoms with van der Waals surface area (Å²) in [6.07, 6.45) is 3.60. The van der Waals surface area contributed by atoms with Gasteiger partial charge >= 0.3 is 5.97 Å². The average Bonchev–Trinajstić information content (AvgIpc) is 2.75. The van der Waals surface area contributed by atoms with Crippen molar-refractivity contribution < 1.29 is 9.53 Å². The van der Waals surface area contributed by atoms with Crippen molar-refractivity contribution in [3.8, 4) is 0 Å². The van der Waals surface area contributed by atoms with Gasteiger partial charge in [-0.3, -0.25) is 4.68 Å². The van der Waals surface area contributed by atoms with Crippen molar-refractivity contribution >= 4 is 5.97 Å². The van der Waals surface area contributed by atoms with Crippen LogP contribution in [0.25, 0.3) is 0 Å². The van der Waals surface area contributed by atoms with Gasteiger partial charge in [0.15, 0.2) is 0 Å². The monoisotopic (exact) mass is 279 g/mol. The summed E-state index contributed by atoms with van der Waals surface area (Å²) in [7, 11) is 1.41. The minimum atomic E-state index is -0.239. The molecule has 0 saturated carbocycles. The molecule has 0 radical (unpaired) electrons. The molecule has 1 heterocycles. The quantitative estimate of drug-likeness (QED) is 0.449. The average molecular weight is 279 g/mol. The van der Waals surface area contributed by atoms with E-state index in [1.54, 1.807) is 0 Å². The van der Waals surface area contributed by atoms with Gasteiger partial charge in [0, 0.05) is 24.4 Å². The number of esters is 1. The Bertz CT molecular complexity index is 464. The van der Waals surface area contributed by atoms with Gasteiger partial charge in [0.1, 0.15) is 0 Å².